The molecule has 1 aromatic heterocycles. The molecule has 0 saturated carbocycles. The highest BCUT2D eigenvalue weighted by atomic mass is 16.5. The average Bonchev–Trinajstić information content (AvgIpc) is 2.94. The van der Waals surface area contributed by atoms with E-state index in [9.17, 15) is 4.79 Å². The Hall–Kier alpha value is -1.78. The third kappa shape index (κ3) is 3.16. The molecular formula is C14H21N3O2. The molecule has 1 aliphatic carbocycles. The first kappa shape index (κ1) is 13.6. The van der Waals surface area contributed by atoms with Gasteiger partial charge in [-0.3, -0.25) is 4.79 Å². The molecule has 1 N–H and O–H groups in total. The summed E-state index contributed by atoms with van der Waals surface area (Å²) in [6.07, 6.45) is 7.02. The van der Waals surface area contributed by atoms with Crippen LogP contribution in [0.2, 0.25) is 0 Å². The van der Waals surface area contributed by atoms with Crippen LogP contribution >= 0.6 is 0 Å². The Morgan fingerprint density at radius 3 is 3.05 bits per heavy atom. The second-order valence-corrected chi connectivity index (χ2v) is 4.94. The maximum absolute atomic E-state index is 11.9. The predicted molar refractivity (Wildman–Crippen MR) is 72.8 cm³/mol. The third-order valence-corrected chi connectivity index (χ3v) is 3.50. The molecule has 0 spiro atoms. The molecule has 5 heteroatoms. The lowest BCUT2D eigenvalue weighted by molar-refractivity contribution is -0.121. The van der Waals surface area contributed by atoms with E-state index in [2.05, 4.69) is 22.6 Å². The molecule has 1 amide bonds. The molecule has 0 saturated heterocycles. The van der Waals surface area contributed by atoms with Crippen molar-refractivity contribution in [2.45, 2.75) is 32.7 Å². The molecule has 1 aliphatic rings. The van der Waals surface area contributed by atoms with Crippen LogP contribution in [0, 0.1) is 12.8 Å². The van der Waals surface area contributed by atoms with E-state index < -0.39 is 0 Å². The van der Waals surface area contributed by atoms with E-state index >= 15 is 0 Å². The normalized spacial score (nSPS) is 17.7. The monoisotopic (exact) mass is 263 g/mol. The van der Waals surface area contributed by atoms with Crippen molar-refractivity contribution in [3.8, 4) is 5.88 Å². The lowest BCUT2D eigenvalue weighted by Crippen LogP contribution is -2.24. The van der Waals surface area contributed by atoms with Gasteiger partial charge in [0.25, 0.3) is 0 Å². The molecule has 1 atom stereocenters. The molecule has 19 heavy (non-hydrogen) atoms. The molecule has 5 nitrogen and oxygen atoms in total. The number of ether oxygens (including phenoxy) is 1. The summed E-state index contributed by atoms with van der Waals surface area (Å²) in [4.78, 5) is 11.9. The number of hydrogen-bond donors (Lipinski definition) is 1. The molecule has 0 aliphatic heterocycles. The zero-order valence-electron chi connectivity index (χ0n) is 11.8. The van der Waals surface area contributed by atoms with Gasteiger partial charge in [0.2, 0.25) is 11.8 Å². The number of carbonyl (C=O) groups is 1. The van der Waals surface area contributed by atoms with E-state index in [4.69, 9.17) is 4.74 Å². The van der Waals surface area contributed by atoms with Crippen LogP contribution < -0.4 is 10.1 Å². The standard InChI is InChI=1S/C14H21N3O2/c1-10-12(14(19-3)17(2)16-10)9-15-13(18)8-11-6-4-5-7-11/h4,6,11H,5,7-9H2,1-3H3,(H,15,18)/t11-/m1/s1. The number of nitrogens with one attached hydrogen (secondary N) is 1. The SMILES string of the molecule is COc1c(CNC(=O)C[C@@H]2C=CCC2)c(C)nn1C. The number of amides is 1. The van der Waals surface area contributed by atoms with Crippen molar-refractivity contribution in [1.82, 2.24) is 15.1 Å². The number of carbonyl (C=O) groups excluding carboxylic acids is 1. The number of methoxy groups -OCH3 is 1. The minimum Gasteiger partial charge on any atom is -0.481 e. The van der Waals surface area contributed by atoms with Crippen LogP contribution in [-0.4, -0.2) is 22.8 Å². The van der Waals surface area contributed by atoms with Gasteiger partial charge in [0.15, 0.2) is 0 Å². The van der Waals surface area contributed by atoms with Crippen molar-refractivity contribution in [3.63, 3.8) is 0 Å². The topological polar surface area (TPSA) is 56.1 Å². The zero-order chi connectivity index (χ0) is 13.8. The summed E-state index contributed by atoms with van der Waals surface area (Å²) in [5.74, 6) is 1.19. The van der Waals surface area contributed by atoms with Gasteiger partial charge in [-0.1, -0.05) is 12.2 Å². The van der Waals surface area contributed by atoms with Crippen LogP contribution in [0.15, 0.2) is 12.2 Å². The Labute approximate surface area is 113 Å². The smallest absolute Gasteiger partial charge is 0.220 e. The van der Waals surface area contributed by atoms with Gasteiger partial charge in [-0.05, 0) is 25.7 Å². The fraction of sp³-hybridized carbons (Fsp3) is 0.571. The molecule has 0 bridgehead atoms. The molecule has 2 rings (SSSR count). The van der Waals surface area contributed by atoms with Crippen LogP contribution in [0.1, 0.15) is 30.5 Å². The zero-order valence-corrected chi connectivity index (χ0v) is 11.8. The number of aromatic nitrogens is 2. The molecule has 104 valence electrons. The average molecular weight is 263 g/mol. The van der Waals surface area contributed by atoms with Crippen molar-refractivity contribution in [2.75, 3.05) is 7.11 Å². The van der Waals surface area contributed by atoms with Crippen LogP contribution in [0.3, 0.4) is 0 Å². The second-order valence-electron chi connectivity index (χ2n) is 4.94. The largest absolute Gasteiger partial charge is 0.481 e. The summed E-state index contributed by atoms with van der Waals surface area (Å²) in [5.41, 5.74) is 1.83. The number of nitrogens with zero attached hydrogens (tertiary/aromatic N) is 2. The molecular weight excluding hydrogens is 242 g/mol. The van der Waals surface area contributed by atoms with Gasteiger partial charge in [-0.15, -0.1) is 0 Å². The van der Waals surface area contributed by atoms with Crippen molar-refractivity contribution < 1.29 is 9.53 Å². The molecule has 0 radical (unpaired) electrons. The van der Waals surface area contributed by atoms with E-state index in [1.165, 1.54) is 0 Å². The Morgan fingerprint density at radius 2 is 2.42 bits per heavy atom. The van der Waals surface area contributed by atoms with Crippen molar-refractivity contribution in [1.29, 1.82) is 0 Å². The second kappa shape index (κ2) is 5.91. The highest BCUT2D eigenvalue weighted by molar-refractivity contribution is 5.76. The maximum atomic E-state index is 11.9. The van der Waals surface area contributed by atoms with E-state index in [0.717, 1.165) is 24.1 Å². The fourth-order valence-electron chi connectivity index (χ4n) is 2.50. The Kier molecular flexibility index (Phi) is 4.24. The number of allylic oxidation sites excluding steroid dienone is 2. The first-order valence-corrected chi connectivity index (χ1v) is 6.61. The summed E-state index contributed by atoms with van der Waals surface area (Å²) in [5, 5.41) is 7.24. The first-order valence-electron chi connectivity index (χ1n) is 6.61. The number of hydrogen-bond acceptors (Lipinski definition) is 3. The highest BCUT2D eigenvalue weighted by Crippen LogP contribution is 2.22. The molecule has 1 aromatic rings. The predicted octanol–water partition coefficient (Wildman–Crippen LogP) is 1.71. The highest BCUT2D eigenvalue weighted by Gasteiger charge is 2.17. The van der Waals surface area contributed by atoms with Gasteiger partial charge in [-0.25, -0.2) is 4.68 Å². The van der Waals surface area contributed by atoms with Gasteiger partial charge < -0.3 is 10.1 Å². The van der Waals surface area contributed by atoms with Gasteiger partial charge >= 0.3 is 0 Å². The summed E-state index contributed by atoms with van der Waals surface area (Å²) in [6, 6.07) is 0. The number of aryl methyl sites for hydroxylation is 2. The van der Waals surface area contributed by atoms with Crippen LogP contribution in [0.25, 0.3) is 0 Å². The quantitative estimate of drug-likeness (QED) is 0.823. The summed E-state index contributed by atoms with van der Waals surface area (Å²) >= 11 is 0. The Balaban J connectivity index is 1.91. The van der Waals surface area contributed by atoms with Crippen LogP contribution in [0.5, 0.6) is 5.88 Å². The minimum absolute atomic E-state index is 0.0851. The van der Waals surface area contributed by atoms with E-state index in [0.29, 0.717) is 24.8 Å². The van der Waals surface area contributed by atoms with E-state index in [1.54, 1.807) is 11.8 Å². The summed E-state index contributed by atoms with van der Waals surface area (Å²) in [6.45, 7) is 2.39. The van der Waals surface area contributed by atoms with Crippen molar-refractivity contribution in [3.05, 3.63) is 23.4 Å². The van der Waals surface area contributed by atoms with Gasteiger partial charge in [0, 0.05) is 20.0 Å². The lowest BCUT2D eigenvalue weighted by Gasteiger charge is -2.09. The fourth-order valence-corrected chi connectivity index (χ4v) is 2.50. The Bertz CT molecular complexity index is 491. The van der Waals surface area contributed by atoms with Crippen molar-refractivity contribution >= 4 is 5.91 Å². The summed E-state index contributed by atoms with van der Waals surface area (Å²) < 4.78 is 6.99. The van der Waals surface area contributed by atoms with E-state index in [-0.39, 0.29) is 5.91 Å². The summed E-state index contributed by atoms with van der Waals surface area (Å²) in [7, 11) is 3.45. The number of rotatable bonds is 5. The Morgan fingerprint density at radius 1 is 1.63 bits per heavy atom. The lowest BCUT2D eigenvalue weighted by atomic mass is 10.1. The van der Waals surface area contributed by atoms with Gasteiger partial charge in [-0.2, -0.15) is 5.10 Å². The molecule has 0 aromatic carbocycles. The van der Waals surface area contributed by atoms with Crippen LogP contribution in [0.4, 0.5) is 0 Å². The molecule has 0 fully saturated rings. The first-order chi connectivity index (χ1) is 9.11. The van der Waals surface area contributed by atoms with E-state index in [1.807, 2.05) is 14.0 Å². The minimum atomic E-state index is 0.0851. The third-order valence-electron chi connectivity index (χ3n) is 3.50. The molecule has 1 heterocycles. The molecule has 0 unspecified atom stereocenters. The maximum Gasteiger partial charge on any atom is 0.220 e. The van der Waals surface area contributed by atoms with Crippen molar-refractivity contribution in [2.24, 2.45) is 13.0 Å². The van der Waals surface area contributed by atoms with Crippen LogP contribution in [-0.2, 0) is 18.4 Å². The van der Waals surface area contributed by atoms with Gasteiger partial charge in [0.05, 0.1) is 18.4 Å². The van der Waals surface area contributed by atoms with Gasteiger partial charge in [0.1, 0.15) is 0 Å².